The molecule has 0 aliphatic heterocycles. The number of rotatable bonds is 33. The molecule has 0 rings (SSSR count). The van der Waals surface area contributed by atoms with E-state index in [1.807, 2.05) is 0 Å². The summed E-state index contributed by atoms with van der Waals surface area (Å²) in [5.74, 6) is -0.955. The molecule has 1 unspecified atom stereocenters. The fraction of sp³-hybridized carbons (Fsp3) is 0.882. The zero-order valence-corrected chi connectivity index (χ0v) is 29.2. The van der Waals surface area contributed by atoms with Crippen molar-refractivity contribution in [1.29, 1.82) is 0 Å². The lowest BCUT2D eigenvalue weighted by Gasteiger charge is -2.20. The first-order chi connectivity index (χ1) is 21.7. The Bertz CT molecular complexity index is 776. The quantitative estimate of drug-likeness (QED) is 0.0272. The molecule has 0 heterocycles. The van der Waals surface area contributed by atoms with Crippen molar-refractivity contribution in [3.63, 3.8) is 0 Å². The highest BCUT2D eigenvalue weighted by atomic mass is 31.2. The average Bonchev–Trinajstić information content (AvgIpc) is 3.02. The molecule has 0 radical (unpaired) electrons. The lowest BCUT2D eigenvalue weighted by atomic mass is 10.1. The van der Waals surface area contributed by atoms with Crippen LogP contribution in [0.3, 0.4) is 0 Å². The Kier molecular flexibility index (Phi) is 30.4. The van der Waals surface area contributed by atoms with Gasteiger partial charge in [-0.2, -0.15) is 0 Å². The Labute approximate surface area is 273 Å². The van der Waals surface area contributed by atoms with Gasteiger partial charge in [0.1, 0.15) is 12.7 Å². The number of ether oxygens (including phenoxy) is 2. The van der Waals surface area contributed by atoms with E-state index in [0.717, 1.165) is 38.5 Å². The van der Waals surface area contributed by atoms with Gasteiger partial charge in [-0.1, -0.05) is 116 Å². The van der Waals surface area contributed by atoms with Crippen LogP contribution < -0.4 is 0 Å². The van der Waals surface area contributed by atoms with Gasteiger partial charge in [0, 0.05) is 12.8 Å². The molecular formula is C34H65O10P. The molecule has 0 saturated carbocycles. The standard InChI is InChI=1S/C34H65O10P/c1-3-5-7-9-11-12-13-14-15-16-17-18-20-21-23-25-33(37)41-29-32(30-43-45(39,40)42-28-31(36)27-35)44-34(38)26-24-22-19-10-8-6-4-2/h17-18,31-32,35-36H,3-16,19-30H2,1-2H3,(H,39,40)/b18-17+/t31-,32+/m1/s1. The number of unbranched alkanes of at least 4 members (excludes halogenated alkanes) is 17. The lowest BCUT2D eigenvalue weighted by Crippen LogP contribution is -2.29. The van der Waals surface area contributed by atoms with E-state index in [4.69, 9.17) is 19.1 Å². The highest BCUT2D eigenvalue weighted by molar-refractivity contribution is 7.47. The summed E-state index contributed by atoms with van der Waals surface area (Å²) in [7, 11) is -4.60. The Balaban J connectivity index is 4.34. The van der Waals surface area contributed by atoms with Crippen molar-refractivity contribution in [3.8, 4) is 0 Å². The van der Waals surface area contributed by atoms with Crippen LogP contribution in [-0.2, 0) is 32.7 Å². The van der Waals surface area contributed by atoms with E-state index in [1.54, 1.807) is 0 Å². The van der Waals surface area contributed by atoms with Gasteiger partial charge in [-0.15, -0.1) is 0 Å². The molecule has 266 valence electrons. The molecule has 0 bridgehead atoms. The number of carbonyl (C=O) groups excluding carboxylic acids is 2. The van der Waals surface area contributed by atoms with Crippen LogP contribution >= 0.6 is 7.82 Å². The van der Waals surface area contributed by atoms with Crippen LogP contribution in [0.4, 0.5) is 0 Å². The SMILES string of the molecule is CCCCCCCCCCC/C=C/CCCCC(=O)OC[C@@H](COP(=O)(O)OC[C@H](O)CO)OC(=O)CCCCCCCCC. The zero-order valence-electron chi connectivity index (χ0n) is 28.3. The molecule has 0 aromatic heterocycles. The fourth-order valence-corrected chi connectivity index (χ4v) is 5.42. The second kappa shape index (κ2) is 31.3. The van der Waals surface area contributed by atoms with Crippen molar-refractivity contribution in [2.24, 2.45) is 0 Å². The monoisotopic (exact) mass is 664 g/mol. The van der Waals surface area contributed by atoms with Gasteiger partial charge < -0.3 is 24.6 Å². The molecule has 3 N–H and O–H groups in total. The number of phosphoric ester groups is 1. The van der Waals surface area contributed by atoms with Crippen LogP contribution in [-0.4, -0.2) is 65.7 Å². The average molecular weight is 665 g/mol. The predicted molar refractivity (Wildman–Crippen MR) is 178 cm³/mol. The number of hydrogen-bond acceptors (Lipinski definition) is 9. The largest absolute Gasteiger partial charge is 0.472 e. The molecule has 45 heavy (non-hydrogen) atoms. The molecule has 3 atom stereocenters. The topological polar surface area (TPSA) is 149 Å². The van der Waals surface area contributed by atoms with Gasteiger partial charge >= 0.3 is 19.8 Å². The number of aliphatic hydroxyl groups excluding tert-OH is 2. The van der Waals surface area contributed by atoms with Crippen molar-refractivity contribution in [3.05, 3.63) is 12.2 Å². The first-order valence-electron chi connectivity index (χ1n) is 17.6. The number of allylic oxidation sites excluding steroid dienone is 2. The van der Waals surface area contributed by atoms with E-state index in [0.29, 0.717) is 12.8 Å². The third kappa shape index (κ3) is 31.1. The number of esters is 2. The molecule has 0 aromatic carbocycles. The minimum absolute atomic E-state index is 0.181. The fourth-order valence-electron chi connectivity index (χ4n) is 4.63. The van der Waals surface area contributed by atoms with Crippen molar-refractivity contribution in [2.45, 2.75) is 167 Å². The summed E-state index contributed by atoms with van der Waals surface area (Å²) >= 11 is 0. The third-order valence-corrected chi connectivity index (χ3v) is 8.37. The van der Waals surface area contributed by atoms with Gasteiger partial charge in [-0.25, -0.2) is 4.57 Å². The van der Waals surface area contributed by atoms with Crippen molar-refractivity contribution < 1.29 is 47.8 Å². The smallest absolute Gasteiger partial charge is 0.462 e. The van der Waals surface area contributed by atoms with E-state index in [9.17, 15) is 24.2 Å². The first-order valence-corrected chi connectivity index (χ1v) is 19.1. The molecular weight excluding hydrogens is 599 g/mol. The van der Waals surface area contributed by atoms with Gasteiger partial charge in [0.25, 0.3) is 0 Å². The van der Waals surface area contributed by atoms with Gasteiger partial charge in [-0.3, -0.25) is 18.6 Å². The maximum Gasteiger partial charge on any atom is 0.472 e. The minimum Gasteiger partial charge on any atom is -0.462 e. The minimum atomic E-state index is -4.60. The van der Waals surface area contributed by atoms with E-state index >= 15 is 0 Å². The molecule has 0 saturated heterocycles. The molecule has 0 amide bonds. The summed E-state index contributed by atoms with van der Waals surface area (Å²) < 4.78 is 32.3. The van der Waals surface area contributed by atoms with Crippen LogP contribution in [0.2, 0.25) is 0 Å². The Morgan fingerprint density at radius 1 is 0.644 bits per heavy atom. The Morgan fingerprint density at radius 2 is 1.09 bits per heavy atom. The lowest BCUT2D eigenvalue weighted by molar-refractivity contribution is -0.161. The molecule has 0 aromatic rings. The van der Waals surface area contributed by atoms with Crippen molar-refractivity contribution in [2.75, 3.05) is 26.4 Å². The molecule has 0 aliphatic carbocycles. The van der Waals surface area contributed by atoms with E-state index in [1.165, 1.54) is 77.0 Å². The molecule has 0 spiro atoms. The van der Waals surface area contributed by atoms with Crippen LogP contribution in [0, 0.1) is 0 Å². The summed E-state index contributed by atoms with van der Waals surface area (Å²) in [6.45, 7) is 2.28. The van der Waals surface area contributed by atoms with Crippen LogP contribution in [0.15, 0.2) is 12.2 Å². The second-order valence-corrected chi connectivity index (χ2v) is 13.4. The molecule has 10 nitrogen and oxygen atoms in total. The first kappa shape index (κ1) is 43.7. The van der Waals surface area contributed by atoms with E-state index in [2.05, 4.69) is 30.5 Å². The number of aliphatic hydroxyl groups is 2. The molecule has 0 aliphatic rings. The maximum atomic E-state index is 12.4. The van der Waals surface area contributed by atoms with E-state index < -0.39 is 51.8 Å². The zero-order chi connectivity index (χ0) is 33.4. The second-order valence-electron chi connectivity index (χ2n) is 11.9. The van der Waals surface area contributed by atoms with Crippen LogP contribution in [0.25, 0.3) is 0 Å². The summed E-state index contributed by atoms with van der Waals surface area (Å²) in [5, 5.41) is 18.2. The number of phosphoric acid groups is 1. The van der Waals surface area contributed by atoms with Gasteiger partial charge in [0.2, 0.25) is 0 Å². The Morgan fingerprint density at radius 3 is 1.64 bits per heavy atom. The van der Waals surface area contributed by atoms with Crippen LogP contribution in [0.1, 0.15) is 155 Å². The third-order valence-electron chi connectivity index (χ3n) is 7.42. The van der Waals surface area contributed by atoms with Gasteiger partial charge in [0.05, 0.1) is 19.8 Å². The summed E-state index contributed by atoms with van der Waals surface area (Å²) in [6, 6.07) is 0. The van der Waals surface area contributed by atoms with Gasteiger partial charge in [-0.05, 0) is 38.5 Å². The van der Waals surface area contributed by atoms with Crippen molar-refractivity contribution >= 4 is 19.8 Å². The van der Waals surface area contributed by atoms with E-state index in [-0.39, 0.29) is 19.4 Å². The highest BCUT2D eigenvalue weighted by Gasteiger charge is 2.27. The molecule has 11 heteroatoms. The predicted octanol–water partition coefficient (Wildman–Crippen LogP) is 8.11. The van der Waals surface area contributed by atoms with Crippen LogP contribution in [0.5, 0.6) is 0 Å². The Hall–Kier alpha value is -1.29. The summed E-state index contributed by atoms with van der Waals surface area (Å²) in [5.41, 5.74) is 0. The summed E-state index contributed by atoms with van der Waals surface area (Å²) in [6.07, 6.45) is 25.0. The molecule has 0 fully saturated rings. The highest BCUT2D eigenvalue weighted by Crippen LogP contribution is 2.43. The number of carbonyl (C=O) groups is 2. The maximum absolute atomic E-state index is 12.4. The van der Waals surface area contributed by atoms with Gasteiger partial charge in [0.15, 0.2) is 6.10 Å². The number of hydrogen-bond donors (Lipinski definition) is 3. The van der Waals surface area contributed by atoms with Crippen molar-refractivity contribution in [1.82, 2.24) is 0 Å². The summed E-state index contributed by atoms with van der Waals surface area (Å²) in [4.78, 5) is 34.5. The normalized spacial score (nSPS) is 14.3.